The average Bonchev–Trinajstić information content (AvgIpc) is 2.93. The second kappa shape index (κ2) is 3.55. The molecule has 5 nitrogen and oxygen atoms in total. The number of aromatic amines is 1. The highest BCUT2D eigenvalue weighted by atomic mass is 16.5. The summed E-state index contributed by atoms with van der Waals surface area (Å²) in [4.78, 5) is 3.22. The highest BCUT2D eigenvalue weighted by molar-refractivity contribution is 5.87. The smallest absolute Gasteiger partial charge is 0.205 e. The maximum absolute atomic E-state index is 5.75. The molecule has 3 aromatic rings. The number of fused-ring (bicyclic) bond motifs is 1. The molecule has 17 heavy (non-hydrogen) atoms. The normalized spacial score (nSPS) is 10.9. The number of nitrogens with one attached hydrogen (secondary N) is 1. The summed E-state index contributed by atoms with van der Waals surface area (Å²) in [7, 11) is 1.64. The summed E-state index contributed by atoms with van der Waals surface area (Å²) in [6.07, 6.45) is 1.49. The van der Waals surface area contributed by atoms with E-state index in [0.717, 1.165) is 22.3 Å². The van der Waals surface area contributed by atoms with E-state index in [1.54, 1.807) is 7.11 Å². The van der Waals surface area contributed by atoms with E-state index < -0.39 is 0 Å². The van der Waals surface area contributed by atoms with E-state index in [2.05, 4.69) is 10.1 Å². The zero-order valence-corrected chi connectivity index (χ0v) is 9.23. The Bertz CT molecular complexity index is 669. The third-order valence-corrected chi connectivity index (χ3v) is 2.67. The summed E-state index contributed by atoms with van der Waals surface area (Å²) in [6.45, 7) is 0. The monoisotopic (exact) mass is 229 g/mol. The van der Waals surface area contributed by atoms with Crippen LogP contribution in [-0.4, -0.2) is 17.3 Å². The summed E-state index contributed by atoms with van der Waals surface area (Å²) in [6, 6.07) is 7.74. The maximum Gasteiger partial charge on any atom is 0.205 e. The zero-order chi connectivity index (χ0) is 11.8. The van der Waals surface area contributed by atoms with Gasteiger partial charge in [-0.05, 0) is 24.3 Å². The summed E-state index contributed by atoms with van der Waals surface area (Å²) >= 11 is 0. The highest BCUT2D eigenvalue weighted by Crippen LogP contribution is 2.29. The number of nitrogens with zero attached hydrogens (tertiary/aromatic N) is 1. The molecule has 0 saturated carbocycles. The summed E-state index contributed by atoms with van der Waals surface area (Å²) < 4.78 is 10.3. The van der Waals surface area contributed by atoms with Crippen molar-refractivity contribution in [3.8, 4) is 17.2 Å². The van der Waals surface area contributed by atoms with Crippen LogP contribution in [-0.2, 0) is 0 Å². The number of aromatic nitrogens is 2. The largest absolute Gasteiger partial charge is 0.497 e. The molecular formula is C12H11N3O2. The van der Waals surface area contributed by atoms with Crippen molar-refractivity contribution in [2.75, 3.05) is 12.8 Å². The SMILES string of the molecule is COc1ccc2[nH]c(-c3oncc3N)cc2c1. The van der Waals surface area contributed by atoms with Crippen LogP contribution in [0.25, 0.3) is 22.4 Å². The van der Waals surface area contributed by atoms with E-state index in [9.17, 15) is 0 Å². The number of hydrogen-bond donors (Lipinski definition) is 2. The van der Waals surface area contributed by atoms with E-state index in [4.69, 9.17) is 15.0 Å². The van der Waals surface area contributed by atoms with Crippen LogP contribution in [0.15, 0.2) is 35.0 Å². The molecule has 0 unspecified atom stereocenters. The Labute approximate surface area is 97.2 Å². The first kappa shape index (κ1) is 9.77. The van der Waals surface area contributed by atoms with Crippen molar-refractivity contribution < 1.29 is 9.26 Å². The van der Waals surface area contributed by atoms with Crippen LogP contribution in [0.4, 0.5) is 5.69 Å². The molecule has 3 N–H and O–H groups in total. The first-order chi connectivity index (χ1) is 8.28. The van der Waals surface area contributed by atoms with Gasteiger partial charge in [-0.3, -0.25) is 0 Å². The average molecular weight is 229 g/mol. The van der Waals surface area contributed by atoms with E-state index in [0.29, 0.717) is 11.4 Å². The predicted octanol–water partition coefficient (Wildman–Crippen LogP) is 2.41. The Hall–Kier alpha value is -2.43. The topological polar surface area (TPSA) is 77.1 Å². The van der Waals surface area contributed by atoms with E-state index in [-0.39, 0.29) is 0 Å². The van der Waals surface area contributed by atoms with Gasteiger partial charge in [0.25, 0.3) is 0 Å². The lowest BCUT2D eigenvalue weighted by atomic mass is 10.2. The van der Waals surface area contributed by atoms with Gasteiger partial charge < -0.3 is 20.0 Å². The van der Waals surface area contributed by atoms with E-state index in [1.165, 1.54) is 6.20 Å². The van der Waals surface area contributed by atoms with Crippen LogP contribution in [0.5, 0.6) is 5.75 Å². The molecule has 0 saturated heterocycles. The quantitative estimate of drug-likeness (QED) is 0.707. The Morgan fingerprint density at radius 3 is 2.94 bits per heavy atom. The van der Waals surface area contributed by atoms with Gasteiger partial charge in [0.05, 0.1) is 19.0 Å². The van der Waals surface area contributed by atoms with E-state index >= 15 is 0 Å². The Morgan fingerprint density at radius 2 is 2.24 bits per heavy atom. The molecule has 0 spiro atoms. The molecule has 1 aromatic carbocycles. The first-order valence-electron chi connectivity index (χ1n) is 5.15. The number of methoxy groups -OCH3 is 1. The van der Waals surface area contributed by atoms with Crippen molar-refractivity contribution in [3.05, 3.63) is 30.5 Å². The van der Waals surface area contributed by atoms with Gasteiger partial charge in [-0.1, -0.05) is 5.16 Å². The molecular weight excluding hydrogens is 218 g/mol. The number of ether oxygens (including phenoxy) is 1. The van der Waals surface area contributed by atoms with Gasteiger partial charge in [-0.25, -0.2) is 0 Å². The molecule has 0 aliphatic rings. The van der Waals surface area contributed by atoms with Crippen molar-refractivity contribution in [2.24, 2.45) is 0 Å². The number of rotatable bonds is 2. The van der Waals surface area contributed by atoms with Crippen molar-refractivity contribution in [3.63, 3.8) is 0 Å². The minimum atomic E-state index is 0.517. The number of anilines is 1. The minimum absolute atomic E-state index is 0.517. The fourth-order valence-corrected chi connectivity index (χ4v) is 1.81. The summed E-state index contributed by atoms with van der Waals surface area (Å²) in [5, 5.41) is 4.69. The van der Waals surface area contributed by atoms with Crippen molar-refractivity contribution in [1.29, 1.82) is 0 Å². The molecule has 2 heterocycles. The van der Waals surface area contributed by atoms with Crippen LogP contribution in [0.2, 0.25) is 0 Å². The van der Waals surface area contributed by atoms with Crippen molar-refractivity contribution in [1.82, 2.24) is 10.1 Å². The summed E-state index contributed by atoms with van der Waals surface area (Å²) in [5.74, 6) is 1.37. The number of nitrogen functional groups attached to an aromatic ring is 1. The summed E-state index contributed by atoms with van der Waals surface area (Å²) in [5.41, 5.74) is 8.07. The Morgan fingerprint density at radius 1 is 1.35 bits per heavy atom. The molecule has 0 amide bonds. The van der Waals surface area contributed by atoms with Crippen molar-refractivity contribution >= 4 is 16.6 Å². The van der Waals surface area contributed by atoms with Gasteiger partial charge in [-0.2, -0.15) is 0 Å². The predicted molar refractivity (Wildman–Crippen MR) is 64.8 cm³/mol. The second-order valence-electron chi connectivity index (χ2n) is 3.75. The van der Waals surface area contributed by atoms with Gasteiger partial charge >= 0.3 is 0 Å². The fraction of sp³-hybridized carbons (Fsp3) is 0.0833. The second-order valence-corrected chi connectivity index (χ2v) is 3.75. The first-order valence-corrected chi connectivity index (χ1v) is 5.15. The van der Waals surface area contributed by atoms with Crippen molar-refractivity contribution in [2.45, 2.75) is 0 Å². The molecule has 3 rings (SSSR count). The van der Waals surface area contributed by atoms with Crippen LogP contribution in [0.3, 0.4) is 0 Å². The van der Waals surface area contributed by atoms with E-state index in [1.807, 2.05) is 24.3 Å². The molecule has 2 aromatic heterocycles. The van der Waals surface area contributed by atoms with Crippen LogP contribution >= 0.6 is 0 Å². The van der Waals surface area contributed by atoms with Crippen LogP contribution < -0.4 is 10.5 Å². The number of hydrogen-bond acceptors (Lipinski definition) is 4. The van der Waals surface area contributed by atoms with Gasteiger partial charge in [-0.15, -0.1) is 0 Å². The molecule has 0 atom stereocenters. The fourth-order valence-electron chi connectivity index (χ4n) is 1.81. The third kappa shape index (κ3) is 1.52. The third-order valence-electron chi connectivity index (χ3n) is 2.67. The minimum Gasteiger partial charge on any atom is -0.497 e. The molecule has 5 heteroatoms. The Kier molecular flexibility index (Phi) is 2.04. The zero-order valence-electron chi connectivity index (χ0n) is 9.23. The van der Waals surface area contributed by atoms with Crippen LogP contribution in [0, 0.1) is 0 Å². The van der Waals surface area contributed by atoms with Gasteiger partial charge in [0.15, 0.2) is 0 Å². The number of nitrogens with two attached hydrogens (primary N) is 1. The maximum atomic E-state index is 5.75. The van der Waals surface area contributed by atoms with Gasteiger partial charge in [0, 0.05) is 10.9 Å². The highest BCUT2D eigenvalue weighted by Gasteiger charge is 2.11. The van der Waals surface area contributed by atoms with Gasteiger partial charge in [0.2, 0.25) is 5.76 Å². The number of H-pyrrole nitrogens is 1. The molecule has 0 aliphatic heterocycles. The molecule has 0 bridgehead atoms. The van der Waals surface area contributed by atoms with Gasteiger partial charge in [0.1, 0.15) is 11.4 Å². The van der Waals surface area contributed by atoms with Crippen LogP contribution in [0.1, 0.15) is 0 Å². The Balaban J connectivity index is 2.17. The molecule has 0 radical (unpaired) electrons. The standard InChI is InChI=1S/C12H11N3O2/c1-16-8-2-3-10-7(4-8)5-11(15-10)12-9(13)6-14-17-12/h2-6,15H,13H2,1H3. The lowest BCUT2D eigenvalue weighted by Gasteiger charge is -1.97. The lowest BCUT2D eigenvalue weighted by Crippen LogP contribution is -1.83. The molecule has 0 fully saturated rings. The lowest BCUT2D eigenvalue weighted by molar-refractivity contribution is 0.415. The number of benzene rings is 1. The molecule has 0 aliphatic carbocycles. The molecule has 86 valence electrons.